The van der Waals surface area contributed by atoms with E-state index in [-0.39, 0.29) is 41.5 Å². The van der Waals surface area contributed by atoms with Crippen LogP contribution in [0.4, 0.5) is 0 Å². The largest absolute Gasteiger partial charge is 0.469 e. The van der Waals surface area contributed by atoms with Crippen LogP contribution in [0.15, 0.2) is 0 Å². The first kappa shape index (κ1) is 17.4. The van der Waals surface area contributed by atoms with Crippen LogP contribution in [0.25, 0.3) is 0 Å². The number of nitrogens with one attached hydrogen (secondary N) is 1. The van der Waals surface area contributed by atoms with Crippen LogP contribution in [0.2, 0.25) is 0 Å². The zero-order chi connectivity index (χ0) is 15.8. The van der Waals surface area contributed by atoms with Crippen molar-refractivity contribution in [3.8, 4) is 0 Å². The third-order valence-corrected chi connectivity index (χ3v) is 5.83. The molecular formula is C13H26N2O4S. The minimum absolute atomic E-state index is 0.0576. The summed E-state index contributed by atoms with van der Waals surface area (Å²) in [4.78, 5) is 11.0. The standard InChI is InChI=1S/C13H26N2O4S/c1-12(2)10(14)13(3,4)11(12)15-20(17,18)8-6-7-9(16)19-5/h10-11,15H,6-8,14H2,1-5H3. The molecule has 0 aliphatic heterocycles. The van der Waals surface area contributed by atoms with E-state index in [9.17, 15) is 13.2 Å². The number of methoxy groups -OCH3 is 1. The highest BCUT2D eigenvalue weighted by molar-refractivity contribution is 7.89. The third-order valence-electron chi connectivity index (χ3n) is 4.41. The number of hydrogen-bond acceptors (Lipinski definition) is 5. The summed E-state index contributed by atoms with van der Waals surface area (Å²) < 4.78 is 31.4. The summed E-state index contributed by atoms with van der Waals surface area (Å²) in [5, 5.41) is 0. The Morgan fingerprint density at radius 1 is 1.25 bits per heavy atom. The Morgan fingerprint density at radius 2 is 1.75 bits per heavy atom. The fourth-order valence-electron chi connectivity index (χ4n) is 3.23. The molecule has 0 aromatic carbocycles. The Kier molecular flexibility index (Phi) is 4.88. The molecule has 0 radical (unpaired) electrons. The fourth-order valence-corrected chi connectivity index (χ4v) is 4.84. The number of hydrogen-bond donors (Lipinski definition) is 2. The van der Waals surface area contributed by atoms with E-state index >= 15 is 0 Å². The van der Waals surface area contributed by atoms with E-state index in [4.69, 9.17) is 5.73 Å². The summed E-state index contributed by atoms with van der Waals surface area (Å²) in [5.41, 5.74) is 5.55. The van der Waals surface area contributed by atoms with Crippen molar-refractivity contribution in [3.05, 3.63) is 0 Å². The minimum atomic E-state index is -3.42. The first-order valence-electron chi connectivity index (χ1n) is 6.77. The number of sulfonamides is 1. The molecule has 6 nitrogen and oxygen atoms in total. The van der Waals surface area contributed by atoms with Crippen molar-refractivity contribution in [3.63, 3.8) is 0 Å². The normalized spacial score (nSPS) is 27.7. The van der Waals surface area contributed by atoms with Gasteiger partial charge in [-0.3, -0.25) is 4.79 Å². The lowest BCUT2D eigenvalue weighted by atomic mass is 9.49. The molecular weight excluding hydrogens is 280 g/mol. The Morgan fingerprint density at radius 3 is 2.20 bits per heavy atom. The highest BCUT2D eigenvalue weighted by Gasteiger charge is 2.60. The first-order chi connectivity index (χ1) is 8.95. The number of ether oxygens (including phenoxy) is 1. The molecule has 1 aliphatic carbocycles. The molecule has 0 bridgehead atoms. The number of nitrogens with two attached hydrogens (primary N) is 1. The van der Waals surface area contributed by atoms with E-state index in [1.165, 1.54) is 7.11 Å². The highest BCUT2D eigenvalue weighted by Crippen LogP contribution is 2.52. The molecule has 1 aliphatic rings. The summed E-state index contributed by atoms with van der Waals surface area (Å²) in [5.74, 6) is -0.480. The van der Waals surface area contributed by atoms with Crippen molar-refractivity contribution in [2.75, 3.05) is 12.9 Å². The zero-order valence-electron chi connectivity index (χ0n) is 12.9. The molecule has 118 valence electrons. The molecule has 20 heavy (non-hydrogen) atoms. The van der Waals surface area contributed by atoms with Crippen LogP contribution in [0.5, 0.6) is 0 Å². The Hall–Kier alpha value is -0.660. The van der Waals surface area contributed by atoms with Gasteiger partial charge in [0.2, 0.25) is 10.0 Å². The van der Waals surface area contributed by atoms with Crippen LogP contribution >= 0.6 is 0 Å². The maximum atomic E-state index is 12.1. The average molecular weight is 306 g/mol. The average Bonchev–Trinajstić information content (AvgIpc) is 2.34. The van der Waals surface area contributed by atoms with Crippen LogP contribution in [0, 0.1) is 10.8 Å². The summed E-state index contributed by atoms with van der Waals surface area (Å²) in [6.45, 7) is 7.85. The van der Waals surface area contributed by atoms with Gasteiger partial charge in [-0.1, -0.05) is 27.7 Å². The lowest BCUT2D eigenvalue weighted by Gasteiger charge is -2.62. The Labute approximate surface area is 121 Å². The first-order valence-corrected chi connectivity index (χ1v) is 8.43. The molecule has 0 heterocycles. The predicted molar refractivity (Wildman–Crippen MR) is 77.5 cm³/mol. The van der Waals surface area contributed by atoms with Crippen LogP contribution in [0.1, 0.15) is 40.5 Å². The monoisotopic (exact) mass is 306 g/mol. The Balaban J connectivity index is 2.61. The molecule has 0 amide bonds. The summed E-state index contributed by atoms with van der Waals surface area (Å²) in [6, 6.07) is -0.258. The fraction of sp³-hybridized carbons (Fsp3) is 0.923. The summed E-state index contributed by atoms with van der Waals surface area (Å²) in [6.07, 6.45) is 0.357. The van der Waals surface area contributed by atoms with Crippen LogP contribution in [0.3, 0.4) is 0 Å². The molecule has 0 spiro atoms. The van der Waals surface area contributed by atoms with Crippen LogP contribution < -0.4 is 10.5 Å². The summed E-state index contributed by atoms with van der Waals surface area (Å²) in [7, 11) is -2.14. The predicted octanol–water partition coefficient (Wildman–Crippen LogP) is 0.621. The van der Waals surface area contributed by atoms with E-state index in [1.54, 1.807) is 0 Å². The zero-order valence-corrected chi connectivity index (χ0v) is 13.7. The lowest BCUT2D eigenvalue weighted by Crippen LogP contribution is -2.76. The van der Waals surface area contributed by atoms with E-state index in [1.807, 2.05) is 27.7 Å². The molecule has 0 saturated heterocycles. The van der Waals surface area contributed by atoms with Crippen molar-refractivity contribution in [2.45, 2.75) is 52.6 Å². The Bertz CT molecular complexity index is 455. The van der Waals surface area contributed by atoms with Crippen molar-refractivity contribution in [2.24, 2.45) is 16.6 Å². The molecule has 0 unspecified atom stereocenters. The second-order valence-electron chi connectivity index (χ2n) is 6.67. The molecule has 0 aromatic heterocycles. The molecule has 7 heteroatoms. The second kappa shape index (κ2) is 5.61. The van der Waals surface area contributed by atoms with Crippen molar-refractivity contribution >= 4 is 16.0 Å². The van der Waals surface area contributed by atoms with Gasteiger partial charge in [0.1, 0.15) is 0 Å². The molecule has 0 aromatic rings. The van der Waals surface area contributed by atoms with Crippen molar-refractivity contribution < 1.29 is 17.9 Å². The number of carbonyl (C=O) groups excluding carboxylic acids is 1. The number of esters is 1. The molecule has 1 fully saturated rings. The van der Waals surface area contributed by atoms with Crippen LogP contribution in [-0.4, -0.2) is 39.3 Å². The molecule has 0 atom stereocenters. The SMILES string of the molecule is COC(=O)CCCS(=O)(=O)NC1C(C)(C)C(N)C1(C)C. The van der Waals surface area contributed by atoms with Crippen LogP contribution in [-0.2, 0) is 19.6 Å². The molecule has 1 rings (SSSR count). The van der Waals surface area contributed by atoms with Crippen molar-refractivity contribution in [1.29, 1.82) is 0 Å². The number of rotatable bonds is 6. The van der Waals surface area contributed by atoms with Gasteiger partial charge in [-0.25, -0.2) is 13.1 Å². The summed E-state index contributed by atoms with van der Waals surface area (Å²) >= 11 is 0. The van der Waals surface area contributed by atoms with Gasteiger partial charge < -0.3 is 10.5 Å². The quantitative estimate of drug-likeness (QED) is 0.701. The van der Waals surface area contributed by atoms with Gasteiger partial charge in [0, 0.05) is 18.5 Å². The van der Waals surface area contributed by atoms with E-state index < -0.39 is 16.0 Å². The smallest absolute Gasteiger partial charge is 0.305 e. The maximum absolute atomic E-state index is 12.1. The number of carbonyl (C=O) groups is 1. The van der Waals surface area contributed by atoms with E-state index in [0.717, 1.165) is 0 Å². The second-order valence-corrected chi connectivity index (χ2v) is 8.54. The maximum Gasteiger partial charge on any atom is 0.305 e. The highest BCUT2D eigenvalue weighted by atomic mass is 32.2. The van der Waals surface area contributed by atoms with E-state index in [2.05, 4.69) is 9.46 Å². The van der Waals surface area contributed by atoms with Gasteiger partial charge >= 0.3 is 5.97 Å². The van der Waals surface area contributed by atoms with E-state index in [0.29, 0.717) is 0 Å². The van der Waals surface area contributed by atoms with Gasteiger partial charge in [0.25, 0.3) is 0 Å². The van der Waals surface area contributed by atoms with Gasteiger partial charge in [0.15, 0.2) is 0 Å². The molecule has 1 saturated carbocycles. The van der Waals surface area contributed by atoms with Gasteiger partial charge in [-0.05, 0) is 17.3 Å². The van der Waals surface area contributed by atoms with Gasteiger partial charge in [-0.15, -0.1) is 0 Å². The van der Waals surface area contributed by atoms with Gasteiger partial charge in [-0.2, -0.15) is 0 Å². The molecule has 3 N–H and O–H groups in total. The van der Waals surface area contributed by atoms with Gasteiger partial charge in [0.05, 0.1) is 12.9 Å². The lowest BCUT2D eigenvalue weighted by molar-refractivity contribution is -0.140. The van der Waals surface area contributed by atoms with Crippen molar-refractivity contribution in [1.82, 2.24) is 4.72 Å². The topological polar surface area (TPSA) is 98.5 Å². The minimum Gasteiger partial charge on any atom is -0.469 e. The third kappa shape index (κ3) is 3.32.